The van der Waals surface area contributed by atoms with Crippen LogP contribution in [0.1, 0.15) is 55.5 Å². The third kappa shape index (κ3) is 2.84. The van der Waals surface area contributed by atoms with Crippen LogP contribution >= 0.6 is 0 Å². The number of carbonyl (C=O) groups excluding carboxylic acids is 1. The number of aryl methyl sites for hydroxylation is 2. The first-order chi connectivity index (χ1) is 9.59. The second kappa shape index (κ2) is 6.08. The van der Waals surface area contributed by atoms with Gasteiger partial charge in [-0.25, -0.2) is 0 Å². The molecule has 20 heavy (non-hydrogen) atoms. The smallest absolute Gasteiger partial charge is 0.240 e. The molecule has 0 radical (unpaired) electrons. The molecule has 1 saturated carbocycles. The fourth-order valence-electron chi connectivity index (χ4n) is 2.81. The minimum Gasteiger partial charge on any atom is -0.361 e. The molecule has 1 aliphatic rings. The van der Waals surface area contributed by atoms with Crippen LogP contribution in [0.15, 0.2) is 4.52 Å². The molecular formula is C15H21N3O2. The summed E-state index contributed by atoms with van der Waals surface area (Å²) in [6.07, 6.45) is 5.45. The molecule has 0 aliphatic heterocycles. The summed E-state index contributed by atoms with van der Waals surface area (Å²) in [5.41, 5.74) is 0.838. The maximum absolute atomic E-state index is 12.4. The Hall–Kier alpha value is -1.83. The number of aromatic nitrogens is 1. The van der Waals surface area contributed by atoms with Crippen LogP contribution in [0.5, 0.6) is 0 Å². The van der Waals surface area contributed by atoms with E-state index in [-0.39, 0.29) is 5.91 Å². The zero-order valence-electron chi connectivity index (χ0n) is 12.2. The van der Waals surface area contributed by atoms with Gasteiger partial charge in [0.05, 0.1) is 11.8 Å². The molecule has 0 spiro atoms. The van der Waals surface area contributed by atoms with Crippen molar-refractivity contribution >= 4 is 5.91 Å². The van der Waals surface area contributed by atoms with Gasteiger partial charge in [0.1, 0.15) is 11.2 Å². The Morgan fingerprint density at radius 3 is 2.50 bits per heavy atom. The van der Waals surface area contributed by atoms with Crippen molar-refractivity contribution in [2.24, 2.45) is 5.41 Å². The fraction of sp³-hybridized carbons (Fsp3) is 0.667. The van der Waals surface area contributed by atoms with E-state index in [4.69, 9.17) is 4.52 Å². The lowest BCUT2D eigenvalue weighted by Gasteiger charge is -2.23. The SMILES string of the molecule is Cc1noc(C)c1CNC(=O)C1(C#N)CCCCCC1. The minimum absolute atomic E-state index is 0.151. The van der Waals surface area contributed by atoms with Crippen molar-refractivity contribution in [1.29, 1.82) is 5.26 Å². The van der Waals surface area contributed by atoms with Crippen molar-refractivity contribution in [3.63, 3.8) is 0 Å². The standard InChI is InChI=1S/C15H21N3O2/c1-11-13(12(2)20-18-11)9-17-14(19)15(10-16)7-5-3-4-6-8-15/h3-9H2,1-2H3,(H,17,19). The molecule has 0 unspecified atom stereocenters. The number of nitriles is 1. The van der Waals surface area contributed by atoms with Crippen molar-refractivity contribution in [3.8, 4) is 6.07 Å². The van der Waals surface area contributed by atoms with Gasteiger partial charge in [0.15, 0.2) is 0 Å². The third-order valence-corrected chi connectivity index (χ3v) is 4.21. The van der Waals surface area contributed by atoms with E-state index in [1.54, 1.807) is 0 Å². The Morgan fingerprint density at radius 1 is 1.35 bits per heavy atom. The summed E-state index contributed by atoms with van der Waals surface area (Å²) in [4.78, 5) is 12.4. The van der Waals surface area contributed by atoms with Crippen LogP contribution in [0, 0.1) is 30.6 Å². The van der Waals surface area contributed by atoms with E-state index in [2.05, 4.69) is 16.5 Å². The first kappa shape index (κ1) is 14.6. The molecule has 0 bridgehead atoms. The Bertz CT molecular complexity index is 500. The lowest BCUT2D eigenvalue weighted by molar-refractivity contribution is -0.129. The Balaban J connectivity index is 2.05. The number of nitrogens with one attached hydrogen (secondary N) is 1. The van der Waals surface area contributed by atoms with E-state index in [0.717, 1.165) is 42.7 Å². The maximum Gasteiger partial charge on any atom is 0.240 e. The molecule has 0 aromatic carbocycles. The molecule has 2 rings (SSSR count). The highest BCUT2D eigenvalue weighted by molar-refractivity contribution is 5.85. The van der Waals surface area contributed by atoms with Crippen molar-refractivity contribution < 1.29 is 9.32 Å². The van der Waals surface area contributed by atoms with Crippen LogP contribution in [0.4, 0.5) is 0 Å². The summed E-state index contributed by atoms with van der Waals surface area (Å²) in [6.45, 7) is 4.06. The number of carbonyl (C=O) groups is 1. The Kier molecular flexibility index (Phi) is 4.43. The van der Waals surface area contributed by atoms with Crippen LogP contribution < -0.4 is 5.32 Å². The Morgan fingerprint density at radius 2 is 2.00 bits per heavy atom. The highest BCUT2D eigenvalue weighted by Gasteiger charge is 2.38. The van der Waals surface area contributed by atoms with Gasteiger partial charge in [-0.1, -0.05) is 30.8 Å². The van der Waals surface area contributed by atoms with Crippen molar-refractivity contribution in [1.82, 2.24) is 10.5 Å². The number of hydrogen-bond donors (Lipinski definition) is 1. The summed E-state index contributed by atoms with van der Waals surface area (Å²) >= 11 is 0. The van der Waals surface area contributed by atoms with Crippen molar-refractivity contribution in [3.05, 3.63) is 17.0 Å². The van der Waals surface area contributed by atoms with Crippen LogP contribution in [0.3, 0.4) is 0 Å². The van der Waals surface area contributed by atoms with Gasteiger partial charge in [0.25, 0.3) is 0 Å². The normalized spacial score (nSPS) is 18.1. The van der Waals surface area contributed by atoms with Crippen LogP contribution in [0.2, 0.25) is 0 Å². The van der Waals surface area contributed by atoms with Crippen molar-refractivity contribution in [2.75, 3.05) is 0 Å². The fourth-order valence-corrected chi connectivity index (χ4v) is 2.81. The van der Waals surface area contributed by atoms with Gasteiger partial charge in [-0.2, -0.15) is 5.26 Å². The highest BCUT2D eigenvalue weighted by Crippen LogP contribution is 2.34. The summed E-state index contributed by atoms with van der Waals surface area (Å²) in [5.74, 6) is 0.566. The Labute approximate surface area is 119 Å². The predicted molar refractivity (Wildman–Crippen MR) is 73.6 cm³/mol. The molecule has 1 fully saturated rings. The second-order valence-corrected chi connectivity index (χ2v) is 5.59. The molecule has 5 nitrogen and oxygen atoms in total. The van der Waals surface area contributed by atoms with E-state index in [9.17, 15) is 10.1 Å². The van der Waals surface area contributed by atoms with Gasteiger partial charge in [-0.15, -0.1) is 0 Å². The number of hydrogen-bond acceptors (Lipinski definition) is 4. The number of amides is 1. The average Bonchev–Trinajstić information content (AvgIpc) is 2.68. The molecule has 108 valence electrons. The third-order valence-electron chi connectivity index (χ3n) is 4.21. The van der Waals surface area contributed by atoms with Gasteiger partial charge >= 0.3 is 0 Å². The first-order valence-corrected chi connectivity index (χ1v) is 7.20. The van der Waals surface area contributed by atoms with Gasteiger partial charge in [-0.3, -0.25) is 4.79 Å². The maximum atomic E-state index is 12.4. The number of rotatable bonds is 3. The van der Waals surface area contributed by atoms with Gasteiger partial charge < -0.3 is 9.84 Å². The zero-order chi connectivity index (χ0) is 14.6. The molecular weight excluding hydrogens is 254 g/mol. The second-order valence-electron chi connectivity index (χ2n) is 5.59. The molecule has 1 N–H and O–H groups in total. The summed E-state index contributed by atoms with van der Waals surface area (Å²) < 4.78 is 5.08. The van der Waals surface area contributed by atoms with Crippen LogP contribution in [-0.4, -0.2) is 11.1 Å². The topological polar surface area (TPSA) is 78.9 Å². The van der Waals surface area contributed by atoms with E-state index in [0.29, 0.717) is 19.4 Å². The monoisotopic (exact) mass is 275 g/mol. The summed E-state index contributed by atoms with van der Waals surface area (Å²) in [6, 6.07) is 2.27. The molecule has 1 heterocycles. The minimum atomic E-state index is -0.852. The lowest BCUT2D eigenvalue weighted by Crippen LogP contribution is -2.39. The predicted octanol–water partition coefficient (Wildman–Crippen LogP) is 2.77. The van der Waals surface area contributed by atoms with E-state index < -0.39 is 5.41 Å². The molecule has 1 aromatic rings. The average molecular weight is 275 g/mol. The molecule has 5 heteroatoms. The lowest BCUT2D eigenvalue weighted by atomic mass is 9.81. The highest BCUT2D eigenvalue weighted by atomic mass is 16.5. The molecule has 1 aromatic heterocycles. The summed E-state index contributed by atoms with van der Waals surface area (Å²) in [5, 5.41) is 16.2. The molecule has 1 amide bonds. The first-order valence-electron chi connectivity index (χ1n) is 7.20. The van der Waals surface area contributed by atoms with Crippen molar-refractivity contribution in [2.45, 2.75) is 58.9 Å². The van der Waals surface area contributed by atoms with Crippen LogP contribution in [0.25, 0.3) is 0 Å². The van der Waals surface area contributed by atoms with Gasteiger partial charge in [0.2, 0.25) is 5.91 Å². The molecule has 0 atom stereocenters. The molecule has 0 saturated heterocycles. The summed E-state index contributed by atoms with van der Waals surface area (Å²) in [7, 11) is 0. The van der Waals surface area contributed by atoms with E-state index >= 15 is 0 Å². The largest absolute Gasteiger partial charge is 0.361 e. The zero-order valence-corrected chi connectivity index (χ0v) is 12.2. The van der Waals surface area contributed by atoms with E-state index in [1.807, 2.05) is 13.8 Å². The molecule has 1 aliphatic carbocycles. The van der Waals surface area contributed by atoms with Crippen LogP contribution in [-0.2, 0) is 11.3 Å². The van der Waals surface area contributed by atoms with E-state index in [1.165, 1.54) is 0 Å². The quantitative estimate of drug-likeness (QED) is 0.860. The number of nitrogens with zero attached hydrogens (tertiary/aromatic N) is 2. The van der Waals surface area contributed by atoms with Gasteiger partial charge in [-0.05, 0) is 26.7 Å². The van der Waals surface area contributed by atoms with Gasteiger partial charge in [0, 0.05) is 12.1 Å².